The third-order valence-corrected chi connectivity index (χ3v) is 6.93. The number of amides is 3. The summed E-state index contributed by atoms with van der Waals surface area (Å²) in [6.45, 7) is 2.29. The van der Waals surface area contributed by atoms with Crippen LogP contribution in [0.1, 0.15) is 63.5 Å². The molecule has 0 radical (unpaired) electrons. The number of anilines is 1. The number of hydrogen-bond acceptors (Lipinski definition) is 6. The van der Waals surface area contributed by atoms with Crippen molar-refractivity contribution in [1.29, 1.82) is 0 Å². The summed E-state index contributed by atoms with van der Waals surface area (Å²) in [7, 11) is 0. The smallest absolute Gasteiger partial charge is 0.248 e. The normalized spacial score (nSPS) is 23.5. The number of likely N-dealkylation sites (tertiary alicyclic amines) is 1. The largest absolute Gasteiger partial charge is 0.360 e. The topological polar surface area (TPSA) is 125 Å². The van der Waals surface area contributed by atoms with Crippen LogP contribution in [-0.4, -0.2) is 45.6 Å². The first-order chi connectivity index (χ1) is 14.4. The first-order valence-corrected chi connectivity index (χ1v) is 10.9. The maximum absolute atomic E-state index is 13.5. The predicted octanol–water partition coefficient (Wildman–Crippen LogP) is 2.39. The van der Waals surface area contributed by atoms with E-state index < -0.39 is 17.9 Å². The lowest BCUT2D eigenvalue weighted by atomic mass is 9.89. The molecular weight excluding hydrogens is 388 g/mol. The first kappa shape index (κ1) is 20.8. The minimum absolute atomic E-state index is 0.0224. The Balaban J connectivity index is 1.50. The molecule has 3 fully saturated rings. The van der Waals surface area contributed by atoms with Gasteiger partial charge in [-0.05, 0) is 43.9 Å². The van der Waals surface area contributed by atoms with E-state index in [-0.39, 0.29) is 23.7 Å². The van der Waals surface area contributed by atoms with Crippen LogP contribution in [0.2, 0.25) is 0 Å². The molecule has 1 spiro atoms. The van der Waals surface area contributed by atoms with Crippen LogP contribution in [-0.2, 0) is 14.4 Å². The fourth-order valence-corrected chi connectivity index (χ4v) is 5.12. The van der Waals surface area contributed by atoms with Gasteiger partial charge in [0.1, 0.15) is 11.8 Å². The third-order valence-electron chi connectivity index (χ3n) is 6.93. The van der Waals surface area contributed by atoms with E-state index >= 15 is 0 Å². The summed E-state index contributed by atoms with van der Waals surface area (Å²) in [6.07, 6.45) is 7.61. The van der Waals surface area contributed by atoms with Crippen molar-refractivity contribution in [2.45, 2.75) is 70.8 Å². The van der Waals surface area contributed by atoms with E-state index in [0.717, 1.165) is 38.5 Å². The molecular formula is C21H30N4O5. The number of nitrogens with zero attached hydrogens (tertiary/aromatic N) is 2. The summed E-state index contributed by atoms with van der Waals surface area (Å²) in [5.74, 6) is -0.186. The van der Waals surface area contributed by atoms with Gasteiger partial charge in [0.25, 0.3) is 0 Å². The molecule has 2 atom stereocenters. The summed E-state index contributed by atoms with van der Waals surface area (Å²) in [5, 5.41) is 15.6. The van der Waals surface area contributed by atoms with Crippen molar-refractivity contribution in [3.8, 4) is 0 Å². The highest BCUT2D eigenvalue weighted by atomic mass is 16.5. The lowest BCUT2D eigenvalue weighted by Crippen LogP contribution is -2.46. The zero-order chi connectivity index (χ0) is 21.3. The van der Waals surface area contributed by atoms with E-state index in [9.17, 15) is 14.4 Å². The molecule has 2 heterocycles. The van der Waals surface area contributed by atoms with Gasteiger partial charge in [0.05, 0.1) is 0 Å². The number of carbonyl (C=O) groups excluding carboxylic acids is 3. The van der Waals surface area contributed by atoms with Gasteiger partial charge in [-0.1, -0.05) is 30.8 Å². The van der Waals surface area contributed by atoms with Crippen molar-refractivity contribution in [1.82, 2.24) is 15.5 Å². The Morgan fingerprint density at radius 1 is 1.33 bits per heavy atom. The summed E-state index contributed by atoms with van der Waals surface area (Å²) >= 11 is 0. The minimum Gasteiger partial charge on any atom is -0.360 e. The van der Waals surface area contributed by atoms with E-state index in [1.807, 2.05) is 0 Å². The number of hydroxylamine groups is 1. The highest BCUT2D eigenvalue weighted by molar-refractivity contribution is 5.98. The Morgan fingerprint density at radius 2 is 2.07 bits per heavy atom. The fraction of sp³-hybridized carbons (Fsp3) is 0.714. The first-order valence-electron chi connectivity index (χ1n) is 10.9. The summed E-state index contributed by atoms with van der Waals surface area (Å²) in [4.78, 5) is 40.1. The Morgan fingerprint density at radius 3 is 2.67 bits per heavy atom. The molecule has 3 aliphatic rings. The highest BCUT2D eigenvalue weighted by Gasteiger charge is 2.55. The zero-order valence-electron chi connectivity index (χ0n) is 17.4. The van der Waals surface area contributed by atoms with Gasteiger partial charge >= 0.3 is 0 Å². The molecule has 1 aromatic heterocycles. The second-order valence-corrected chi connectivity index (χ2v) is 9.32. The second kappa shape index (κ2) is 8.37. The van der Waals surface area contributed by atoms with Crippen LogP contribution in [0.25, 0.3) is 0 Å². The van der Waals surface area contributed by atoms with Crippen LogP contribution >= 0.6 is 0 Å². The molecule has 0 aromatic carbocycles. The van der Waals surface area contributed by atoms with E-state index in [0.29, 0.717) is 36.9 Å². The van der Waals surface area contributed by atoms with Crippen LogP contribution in [0.5, 0.6) is 0 Å². The van der Waals surface area contributed by atoms with Crippen molar-refractivity contribution in [2.24, 2.45) is 17.3 Å². The summed E-state index contributed by atoms with van der Waals surface area (Å²) in [6, 6.07) is 1.06. The Hall–Kier alpha value is -2.42. The van der Waals surface area contributed by atoms with Gasteiger partial charge in [-0.2, -0.15) is 0 Å². The van der Waals surface area contributed by atoms with Crippen molar-refractivity contribution in [3.05, 3.63) is 11.8 Å². The number of nitrogens with one attached hydrogen (secondary N) is 2. The van der Waals surface area contributed by atoms with Gasteiger partial charge in [0, 0.05) is 24.9 Å². The van der Waals surface area contributed by atoms with Gasteiger partial charge < -0.3 is 14.7 Å². The van der Waals surface area contributed by atoms with Crippen molar-refractivity contribution in [3.63, 3.8) is 0 Å². The second-order valence-electron chi connectivity index (χ2n) is 9.32. The van der Waals surface area contributed by atoms with Gasteiger partial charge in [-0.3, -0.25) is 19.6 Å². The molecule has 1 aliphatic heterocycles. The van der Waals surface area contributed by atoms with Crippen molar-refractivity contribution >= 4 is 23.5 Å². The Bertz CT molecular complexity index is 812. The number of carbonyl (C=O) groups is 3. The molecule has 9 heteroatoms. The molecule has 0 bridgehead atoms. The van der Waals surface area contributed by atoms with Gasteiger partial charge in [0.2, 0.25) is 17.7 Å². The molecule has 3 N–H and O–H groups in total. The van der Waals surface area contributed by atoms with E-state index in [1.54, 1.807) is 23.4 Å². The molecule has 164 valence electrons. The van der Waals surface area contributed by atoms with Crippen LogP contribution in [0, 0.1) is 24.2 Å². The standard InChI is InChI=1S/C21H30N4O5/c1-13-8-17(24-30-13)22-19(27)16-11-21(6-7-21)12-25(16)20(28)15(10-18(26)23-29)9-14-4-2-3-5-14/h8,14-16,29H,2-7,9-12H2,1H3,(H,23,26)(H,22,24,27)/t15-,16+/m1/s1. The van der Waals surface area contributed by atoms with Crippen molar-refractivity contribution < 1.29 is 24.1 Å². The van der Waals surface area contributed by atoms with Gasteiger partial charge in [0.15, 0.2) is 5.82 Å². The molecule has 3 amide bonds. The number of aryl methyl sites for hydroxylation is 1. The lowest BCUT2D eigenvalue weighted by molar-refractivity contribution is -0.144. The van der Waals surface area contributed by atoms with E-state index in [2.05, 4.69) is 10.5 Å². The summed E-state index contributed by atoms with van der Waals surface area (Å²) in [5.41, 5.74) is 1.68. The number of aromatic nitrogens is 1. The maximum Gasteiger partial charge on any atom is 0.248 e. The quantitative estimate of drug-likeness (QED) is 0.461. The maximum atomic E-state index is 13.5. The third kappa shape index (κ3) is 4.50. The summed E-state index contributed by atoms with van der Waals surface area (Å²) < 4.78 is 5.01. The molecule has 30 heavy (non-hydrogen) atoms. The van der Waals surface area contributed by atoms with Gasteiger partial charge in [-0.15, -0.1) is 0 Å². The molecule has 1 aromatic rings. The average Bonchev–Trinajstić information content (AvgIpc) is 3.08. The van der Waals surface area contributed by atoms with E-state index in [4.69, 9.17) is 9.73 Å². The van der Waals surface area contributed by atoms with Gasteiger partial charge in [-0.25, -0.2) is 5.48 Å². The predicted molar refractivity (Wildman–Crippen MR) is 106 cm³/mol. The molecule has 1 saturated heterocycles. The number of hydrogen-bond donors (Lipinski definition) is 3. The molecule has 2 saturated carbocycles. The minimum atomic E-state index is -0.583. The zero-order valence-corrected chi connectivity index (χ0v) is 17.4. The van der Waals surface area contributed by atoms with Crippen LogP contribution < -0.4 is 10.8 Å². The monoisotopic (exact) mass is 418 g/mol. The van der Waals surface area contributed by atoms with Crippen molar-refractivity contribution in [2.75, 3.05) is 11.9 Å². The van der Waals surface area contributed by atoms with E-state index in [1.165, 1.54) is 0 Å². The van der Waals surface area contributed by atoms with Crippen LogP contribution in [0.4, 0.5) is 5.82 Å². The molecule has 0 unspecified atom stereocenters. The molecule has 2 aliphatic carbocycles. The number of rotatable bonds is 7. The molecule has 9 nitrogen and oxygen atoms in total. The molecule has 4 rings (SSSR count). The fourth-order valence-electron chi connectivity index (χ4n) is 5.12. The Labute approximate surface area is 175 Å². The van der Waals surface area contributed by atoms with Crippen LogP contribution in [0.15, 0.2) is 10.6 Å². The average molecular weight is 418 g/mol. The highest BCUT2D eigenvalue weighted by Crippen LogP contribution is 2.55. The Kier molecular flexibility index (Phi) is 5.81. The van der Waals surface area contributed by atoms with Crippen LogP contribution in [0.3, 0.4) is 0 Å². The SMILES string of the molecule is Cc1cc(NC(=O)[C@@H]2CC3(CC3)CN2C(=O)[C@@H](CC(=O)NO)CC2CCCC2)no1. The lowest BCUT2D eigenvalue weighted by Gasteiger charge is -2.29.